The van der Waals surface area contributed by atoms with Crippen molar-refractivity contribution in [3.63, 3.8) is 0 Å². The summed E-state index contributed by atoms with van der Waals surface area (Å²) in [5, 5.41) is 3.06. The molecule has 0 radical (unpaired) electrons. The molecule has 1 rings (SSSR count). The van der Waals surface area contributed by atoms with Crippen LogP contribution in [0.1, 0.15) is 46.5 Å². The van der Waals surface area contributed by atoms with Gasteiger partial charge in [-0.25, -0.2) is 0 Å². The van der Waals surface area contributed by atoms with Crippen molar-refractivity contribution < 1.29 is 4.79 Å². The maximum Gasteiger partial charge on any atom is 0.233 e. The molecule has 0 aromatic carbocycles. The molecule has 4 nitrogen and oxygen atoms in total. The van der Waals surface area contributed by atoms with Gasteiger partial charge >= 0.3 is 0 Å². The molecule has 1 atom stereocenters. The van der Waals surface area contributed by atoms with Gasteiger partial charge in [0.1, 0.15) is 0 Å². The van der Waals surface area contributed by atoms with Crippen LogP contribution in [0.5, 0.6) is 0 Å². The molecular formula is C14H27N3OS. The first-order valence-corrected chi connectivity index (χ1v) is 7.74. The van der Waals surface area contributed by atoms with Crippen LogP contribution in [-0.2, 0) is 4.79 Å². The molecule has 0 spiro atoms. The van der Waals surface area contributed by atoms with E-state index in [1.165, 1.54) is 6.42 Å². The summed E-state index contributed by atoms with van der Waals surface area (Å²) in [5.74, 6) is -0.00652. The van der Waals surface area contributed by atoms with E-state index in [9.17, 15) is 4.79 Å². The molecule has 0 aromatic heterocycles. The normalized spacial score (nSPS) is 20.5. The molecule has 0 aromatic rings. The minimum atomic E-state index is -0.676. The zero-order chi connectivity index (χ0) is 14.5. The number of rotatable bonds is 7. The summed E-state index contributed by atoms with van der Waals surface area (Å²) in [4.78, 5) is 15.2. The lowest BCUT2D eigenvalue weighted by Crippen LogP contribution is -2.51. The van der Waals surface area contributed by atoms with Gasteiger partial charge in [-0.15, -0.1) is 0 Å². The van der Waals surface area contributed by atoms with E-state index in [0.29, 0.717) is 30.4 Å². The molecule has 110 valence electrons. The van der Waals surface area contributed by atoms with E-state index in [1.807, 2.05) is 13.8 Å². The van der Waals surface area contributed by atoms with Crippen molar-refractivity contribution in [2.24, 2.45) is 11.1 Å². The van der Waals surface area contributed by atoms with Gasteiger partial charge in [-0.2, -0.15) is 0 Å². The van der Waals surface area contributed by atoms with Crippen LogP contribution in [0, 0.1) is 5.41 Å². The van der Waals surface area contributed by atoms with Crippen molar-refractivity contribution in [3.8, 4) is 0 Å². The summed E-state index contributed by atoms with van der Waals surface area (Å²) >= 11 is 5.11. The van der Waals surface area contributed by atoms with Crippen LogP contribution < -0.4 is 11.1 Å². The predicted octanol–water partition coefficient (Wildman–Crippen LogP) is 1.68. The molecule has 1 aliphatic rings. The molecule has 1 aliphatic heterocycles. The highest BCUT2D eigenvalue weighted by Crippen LogP contribution is 2.27. The van der Waals surface area contributed by atoms with Gasteiger partial charge in [0, 0.05) is 12.6 Å². The third kappa shape index (κ3) is 3.45. The SMILES string of the molecule is CCN1CCCC1CNC(=O)C(CC)(CC)C(N)=S. The third-order valence-corrected chi connectivity index (χ3v) is 4.91. The monoisotopic (exact) mass is 285 g/mol. The number of thiocarbonyl (C=S) groups is 1. The van der Waals surface area contributed by atoms with E-state index in [2.05, 4.69) is 17.1 Å². The Balaban J connectivity index is 2.60. The van der Waals surface area contributed by atoms with Crippen molar-refractivity contribution >= 4 is 23.1 Å². The van der Waals surface area contributed by atoms with Gasteiger partial charge in [-0.3, -0.25) is 9.69 Å². The molecule has 1 fully saturated rings. The number of carbonyl (C=O) groups excluding carboxylic acids is 1. The molecule has 1 amide bonds. The van der Waals surface area contributed by atoms with Gasteiger partial charge in [-0.1, -0.05) is 33.0 Å². The maximum atomic E-state index is 12.4. The third-order valence-electron chi connectivity index (χ3n) is 4.52. The summed E-state index contributed by atoms with van der Waals surface area (Å²) in [6.45, 7) is 8.99. The van der Waals surface area contributed by atoms with Crippen LogP contribution in [0.3, 0.4) is 0 Å². The zero-order valence-corrected chi connectivity index (χ0v) is 13.2. The van der Waals surface area contributed by atoms with Crippen molar-refractivity contribution in [2.45, 2.75) is 52.5 Å². The predicted molar refractivity (Wildman–Crippen MR) is 83.1 cm³/mol. The largest absolute Gasteiger partial charge is 0.392 e. The topological polar surface area (TPSA) is 58.4 Å². The first-order chi connectivity index (χ1) is 9.01. The van der Waals surface area contributed by atoms with Crippen molar-refractivity contribution in [3.05, 3.63) is 0 Å². The molecule has 19 heavy (non-hydrogen) atoms. The van der Waals surface area contributed by atoms with E-state index in [-0.39, 0.29) is 5.91 Å². The van der Waals surface area contributed by atoms with Crippen molar-refractivity contribution in [2.75, 3.05) is 19.6 Å². The second kappa shape index (κ2) is 7.20. The molecule has 1 saturated heterocycles. The van der Waals surface area contributed by atoms with Crippen LogP contribution in [0.4, 0.5) is 0 Å². The van der Waals surface area contributed by atoms with E-state index in [0.717, 1.165) is 19.5 Å². The lowest BCUT2D eigenvalue weighted by Gasteiger charge is -2.30. The van der Waals surface area contributed by atoms with Crippen LogP contribution in [-0.4, -0.2) is 41.5 Å². The fourth-order valence-corrected chi connectivity index (χ4v) is 3.34. The second-order valence-electron chi connectivity index (χ2n) is 5.29. The highest BCUT2D eigenvalue weighted by molar-refractivity contribution is 7.80. The Morgan fingerprint density at radius 2 is 2.05 bits per heavy atom. The number of likely N-dealkylation sites (N-methyl/N-ethyl adjacent to an activating group) is 1. The highest BCUT2D eigenvalue weighted by atomic mass is 32.1. The van der Waals surface area contributed by atoms with Gasteiger partial charge in [-0.05, 0) is 38.8 Å². The first kappa shape index (κ1) is 16.4. The van der Waals surface area contributed by atoms with Gasteiger partial charge in [0.05, 0.1) is 10.4 Å². The molecule has 1 heterocycles. The first-order valence-electron chi connectivity index (χ1n) is 7.34. The molecule has 1 unspecified atom stereocenters. The lowest BCUT2D eigenvalue weighted by molar-refractivity contribution is -0.128. The summed E-state index contributed by atoms with van der Waals surface area (Å²) in [5.41, 5.74) is 5.12. The fourth-order valence-electron chi connectivity index (χ4n) is 2.95. The van der Waals surface area contributed by atoms with E-state index in [1.54, 1.807) is 0 Å². The number of nitrogens with one attached hydrogen (secondary N) is 1. The van der Waals surface area contributed by atoms with Crippen LogP contribution in [0.15, 0.2) is 0 Å². The number of carbonyl (C=O) groups is 1. The number of hydrogen-bond acceptors (Lipinski definition) is 3. The lowest BCUT2D eigenvalue weighted by atomic mass is 9.81. The molecule has 5 heteroatoms. The van der Waals surface area contributed by atoms with E-state index in [4.69, 9.17) is 18.0 Å². The van der Waals surface area contributed by atoms with E-state index < -0.39 is 5.41 Å². The number of likely N-dealkylation sites (tertiary alicyclic amines) is 1. The van der Waals surface area contributed by atoms with Crippen LogP contribution in [0.25, 0.3) is 0 Å². The van der Waals surface area contributed by atoms with Gasteiger partial charge < -0.3 is 11.1 Å². The van der Waals surface area contributed by atoms with E-state index >= 15 is 0 Å². The number of hydrogen-bond donors (Lipinski definition) is 2. The zero-order valence-electron chi connectivity index (χ0n) is 12.4. The number of nitrogens with two attached hydrogens (primary N) is 1. The summed E-state index contributed by atoms with van der Waals surface area (Å²) in [6.07, 6.45) is 3.70. The van der Waals surface area contributed by atoms with Gasteiger partial charge in [0.25, 0.3) is 0 Å². The molecule has 0 saturated carbocycles. The Kier molecular flexibility index (Phi) is 6.20. The maximum absolute atomic E-state index is 12.4. The molecule has 0 bridgehead atoms. The Morgan fingerprint density at radius 3 is 2.53 bits per heavy atom. The second-order valence-corrected chi connectivity index (χ2v) is 5.73. The Bertz CT molecular complexity index is 329. The average molecular weight is 285 g/mol. The smallest absolute Gasteiger partial charge is 0.233 e. The fraction of sp³-hybridized carbons (Fsp3) is 0.857. The number of nitrogens with zero attached hydrogens (tertiary/aromatic N) is 1. The molecule has 3 N–H and O–H groups in total. The van der Waals surface area contributed by atoms with Gasteiger partial charge in [0.2, 0.25) is 5.91 Å². The minimum absolute atomic E-state index is 0.00652. The van der Waals surface area contributed by atoms with Gasteiger partial charge in [0.15, 0.2) is 0 Å². The minimum Gasteiger partial charge on any atom is -0.392 e. The Morgan fingerprint density at radius 1 is 1.42 bits per heavy atom. The van der Waals surface area contributed by atoms with Crippen LogP contribution >= 0.6 is 12.2 Å². The summed E-state index contributed by atoms with van der Waals surface area (Å²) in [7, 11) is 0. The van der Waals surface area contributed by atoms with Crippen molar-refractivity contribution in [1.82, 2.24) is 10.2 Å². The van der Waals surface area contributed by atoms with Crippen molar-refractivity contribution in [1.29, 1.82) is 0 Å². The number of amides is 1. The van der Waals surface area contributed by atoms with Crippen LogP contribution in [0.2, 0.25) is 0 Å². The average Bonchev–Trinajstić information content (AvgIpc) is 2.85. The standard InChI is InChI=1S/C14H27N3OS/c1-4-14(5-2,12(15)19)13(18)16-10-11-8-7-9-17(11)6-3/h11H,4-10H2,1-3H3,(H2,15,19)(H,16,18). The Hall–Kier alpha value is -0.680. The highest BCUT2D eigenvalue weighted by Gasteiger charge is 2.38. The quantitative estimate of drug-likeness (QED) is 0.699. The Labute approximate surface area is 122 Å². The molecule has 0 aliphatic carbocycles. The summed E-state index contributed by atoms with van der Waals surface area (Å²) in [6, 6.07) is 0.465. The summed E-state index contributed by atoms with van der Waals surface area (Å²) < 4.78 is 0. The molecular weight excluding hydrogens is 258 g/mol.